The lowest BCUT2D eigenvalue weighted by atomic mass is 10.1. The molecule has 0 aliphatic carbocycles. The van der Waals surface area contributed by atoms with Crippen LogP contribution in [-0.4, -0.2) is 10.9 Å². The number of thiazole rings is 1. The second kappa shape index (κ2) is 5.77. The van der Waals surface area contributed by atoms with Crippen molar-refractivity contribution in [2.45, 2.75) is 13.5 Å². The van der Waals surface area contributed by atoms with E-state index in [1.54, 1.807) is 0 Å². The third-order valence-corrected chi connectivity index (χ3v) is 3.44. The van der Waals surface area contributed by atoms with Crippen molar-refractivity contribution >= 4 is 22.9 Å². The smallest absolute Gasteiger partial charge is 0.253 e. The third-order valence-electron chi connectivity index (χ3n) is 2.47. The third kappa shape index (κ3) is 3.07. The highest BCUT2D eigenvalue weighted by atomic mass is 32.1. The van der Waals surface area contributed by atoms with Gasteiger partial charge in [0.25, 0.3) is 5.91 Å². The Kier molecular flexibility index (Phi) is 4.08. The summed E-state index contributed by atoms with van der Waals surface area (Å²) in [6, 6.07) is 4.19. The predicted octanol–water partition coefficient (Wildman–Crippen LogP) is 1.81. The molecule has 0 saturated heterocycles. The number of hydrazine groups is 1. The molecule has 0 aliphatic heterocycles. The average Bonchev–Trinajstić information content (AvgIpc) is 2.81. The lowest BCUT2D eigenvalue weighted by Crippen LogP contribution is -2.25. The number of carbonyl (C=O) groups excluding carboxylic acids is 1. The van der Waals surface area contributed by atoms with Crippen LogP contribution in [0.15, 0.2) is 23.6 Å². The zero-order valence-corrected chi connectivity index (χ0v) is 11.1. The van der Waals surface area contributed by atoms with Crippen molar-refractivity contribution in [1.29, 1.82) is 0 Å². The molecule has 0 spiro atoms. The molecule has 100 valence electrons. The highest BCUT2D eigenvalue weighted by molar-refractivity contribution is 7.09. The highest BCUT2D eigenvalue weighted by Crippen LogP contribution is 2.18. The van der Waals surface area contributed by atoms with Crippen molar-refractivity contribution in [3.8, 4) is 0 Å². The fraction of sp³-hybridized carbons (Fsp3) is 0.167. The first-order valence-corrected chi connectivity index (χ1v) is 6.44. The Morgan fingerprint density at radius 3 is 2.95 bits per heavy atom. The van der Waals surface area contributed by atoms with Gasteiger partial charge in [0.15, 0.2) is 0 Å². The number of nitrogens with two attached hydrogens (primary N) is 1. The summed E-state index contributed by atoms with van der Waals surface area (Å²) in [5.74, 6) is 4.25. The van der Waals surface area contributed by atoms with Crippen molar-refractivity contribution in [3.05, 3.63) is 45.7 Å². The molecule has 2 aromatic rings. The van der Waals surface area contributed by atoms with Crippen LogP contribution >= 0.6 is 11.3 Å². The summed E-state index contributed by atoms with van der Waals surface area (Å²) in [6.45, 7) is 2.18. The zero-order valence-electron chi connectivity index (χ0n) is 10.2. The molecule has 19 heavy (non-hydrogen) atoms. The largest absolute Gasteiger partial charge is 0.345 e. The number of nitrogens with zero attached hydrogens (tertiary/aromatic N) is 1. The lowest BCUT2D eigenvalue weighted by Gasteiger charge is -2.09. The quantitative estimate of drug-likeness (QED) is 0.589. The van der Waals surface area contributed by atoms with Crippen molar-refractivity contribution < 1.29 is 9.18 Å². The Morgan fingerprint density at radius 2 is 2.32 bits per heavy atom. The molecule has 1 aromatic heterocycles. The number of hydrogen-bond acceptors (Lipinski definition) is 5. The molecule has 0 unspecified atom stereocenters. The van der Waals surface area contributed by atoms with Crippen LogP contribution in [0.1, 0.15) is 21.1 Å². The number of carbonyl (C=O) groups is 1. The van der Waals surface area contributed by atoms with Crippen molar-refractivity contribution in [3.63, 3.8) is 0 Å². The normalized spacial score (nSPS) is 10.3. The molecule has 0 bridgehead atoms. The van der Waals surface area contributed by atoms with Gasteiger partial charge in [0.1, 0.15) is 10.8 Å². The number of rotatable bonds is 4. The van der Waals surface area contributed by atoms with E-state index in [0.29, 0.717) is 6.54 Å². The SMILES string of the molecule is Cc1csc(CNC(=O)c2cccc(F)c2NN)n1. The van der Waals surface area contributed by atoms with E-state index in [9.17, 15) is 9.18 Å². The number of nitrogens with one attached hydrogen (secondary N) is 2. The zero-order chi connectivity index (χ0) is 13.8. The van der Waals surface area contributed by atoms with Crippen molar-refractivity contribution in [2.75, 3.05) is 5.43 Å². The number of aromatic nitrogens is 1. The number of hydrogen-bond donors (Lipinski definition) is 3. The van der Waals surface area contributed by atoms with Gasteiger partial charge in [-0.2, -0.15) is 0 Å². The molecule has 4 N–H and O–H groups in total. The summed E-state index contributed by atoms with van der Waals surface area (Å²) >= 11 is 1.46. The molecular weight excluding hydrogens is 267 g/mol. The maximum absolute atomic E-state index is 13.4. The lowest BCUT2D eigenvalue weighted by molar-refractivity contribution is 0.0951. The predicted molar refractivity (Wildman–Crippen MR) is 72.2 cm³/mol. The van der Waals surface area contributed by atoms with Crippen LogP contribution in [0.3, 0.4) is 0 Å². The van der Waals surface area contributed by atoms with E-state index in [1.807, 2.05) is 12.3 Å². The van der Waals surface area contributed by atoms with Gasteiger partial charge in [0, 0.05) is 11.1 Å². The molecule has 1 heterocycles. The Morgan fingerprint density at radius 1 is 1.53 bits per heavy atom. The Hall–Kier alpha value is -1.99. The Balaban J connectivity index is 2.10. The van der Waals surface area contributed by atoms with Crippen LogP contribution < -0.4 is 16.6 Å². The van der Waals surface area contributed by atoms with E-state index < -0.39 is 11.7 Å². The van der Waals surface area contributed by atoms with Gasteiger partial charge in [-0.15, -0.1) is 11.3 Å². The molecule has 0 aliphatic rings. The molecule has 5 nitrogen and oxygen atoms in total. The minimum atomic E-state index is -0.569. The summed E-state index contributed by atoms with van der Waals surface area (Å²) in [5, 5.41) is 5.37. The number of para-hydroxylation sites is 1. The van der Waals surface area contributed by atoms with E-state index in [-0.39, 0.29) is 11.3 Å². The first-order valence-electron chi connectivity index (χ1n) is 5.56. The Bertz CT molecular complexity index is 599. The van der Waals surface area contributed by atoms with E-state index in [1.165, 1.54) is 29.5 Å². The van der Waals surface area contributed by atoms with Crippen LogP contribution in [-0.2, 0) is 6.54 Å². The fourth-order valence-corrected chi connectivity index (χ4v) is 2.31. The number of nitrogen functional groups attached to an aromatic ring is 1. The first-order chi connectivity index (χ1) is 9.11. The van der Waals surface area contributed by atoms with Crippen LogP contribution in [0.2, 0.25) is 0 Å². The van der Waals surface area contributed by atoms with Gasteiger partial charge >= 0.3 is 0 Å². The van der Waals surface area contributed by atoms with Gasteiger partial charge in [-0.25, -0.2) is 9.37 Å². The molecule has 2 rings (SSSR count). The summed E-state index contributed by atoms with van der Waals surface area (Å²) in [4.78, 5) is 16.2. The van der Waals surface area contributed by atoms with Gasteiger partial charge in [0.2, 0.25) is 0 Å². The van der Waals surface area contributed by atoms with Crippen LogP contribution in [0.5, 0.6) is 0 Å². The summed E-state index contributed by atoms with van der Waals surface area (Å²) in [7, 11) is 0. The maximum Gasteiger partial charge on any atom is 0.253 e. The summed E-state index contributed by atoms with van der Waals surface area (Å²) in [6.07, 6.45) is 0. The van der Waals surface area contributed by atoms with Gasteiger partial charge in [-0.3, -0.25) is 10.6 Å². The number of benzene rings is 1. The van der Waals surface area contributed by atoms with Gasteiger partial charge in [-0.1, -0.05) is 6.07 Å². The van der Waals surface area contributed by atoms with Gasteiger partial charge in [0.05, 0.1) is 17.8 Å². The topological polar surface area (TPSA) is 80.0 Å². The minimum absolute atomic E-state index is 0.0182. The van der Waals surface area contributed by atoms with E-state index in [2.05, 4.69) is 15.7 Å². The highest BCUT2D eigenvalue weighted by Gasteiger charge is 2.14. The van der Waals surface area contributed by atoms with Crippen molar-refractivity contribution in [1.82, 2.24) is 10.3 Å². The molecule has 7 heteroatoms. The number of amides is 1. The second-order valence-corrected chi connectivity index (χ2v) is 4.81. The molecule has 0 atom stereocenters. The fourth-order valence-electron chi connectivity index (χ4n) is 1.60. The molecule has 1 amide bonds. The van der Waals surface area contributed by atoms with Gasteiger partial charge < -0.3 is 10.7 Å². The van der Waals surface area contributed by atoms with Crippen LogP contribution in [0.4, 0.5) is 10.1 Å². The standard InChI is InChI=1S/C12H13FN4OS/c1-7-6-19-10(16-7)5-15-12(18)8-3-2-4-9(13)11(8)17-14/h2-4,6,17H,5,14H2,1H3,(H,15,18). The first kappa shape index (κ1) is 13.4. The number of halogens is 1. The van der Waals surface area contributed by atoms with Gasteiger partial charge in [-0.05, 0) is 19.1 Å². The molecule has 0 saturated carbocycles. The minimum Gasteiger partial charge on any atom is -0.345 e. The Labute approximate surface area is 113 Å². The summed E-state index contributed by atoms with van der Waals surface area (Å²) in [5.41, 5.74) is 3.25. The van der Waals surface area contributed by atoms with Crippen LogP contribution in [0.25, 0.3) is 0 Å². The molecule has 0 radical (unpaired) electrons. The average molecular weight is 280 g/mol. The maximum atomic E-state index is 13.4. The molecule has 1 aromatic carbocycles. The van der Waals surface area contributed by atoms with E-state index in [0.717, 1.165) is 10.7 Å². The van der Waals surface area contributed by atoms with Crippen molar-refractivity contribution in [2.24, 2.45) is 5.84 Å². The van der Waals surface area contributed by atoms with E-state index >= 15 is 0 Å². The molecular formula is C12H13FN4OS. The number of anilines is 1. The van der Waals surface area contributed by atoms with Crippen LogP contribution in [0, 0.1) is 12.7 Å². The second-order valence-electron chi connectivity index (χ2n) is 3.87. The monoisotopic (exact) mass is 280 g/mol. The van der Waals surface area contributed by atoms with E-state index in [4.69, 9.17) is 5.84 Å². The number of aryl methyl sites for hydroxylation is 1. The molecule has 0 fully saturated rings. The summed E-state index contributed by atoms with van der Waals surface area (Å²) < 4.78 is 13.4.